The van der Waals surface area contributed by atoms with Crippen molar-refractivity contribution in [2.45, 2.75) is 194 Å². The fourth-order valence-electron chi connectivity index (χ4n) is 14.4. The number of hydrogen-bond donors (Lipinski definition) is 0. The van der Waals surface area contributed by atoms with Crippen LogP contribution in [0.1, 0.15) is 183 Å². The molecule has 7 nitrogen and oxygen atoms in total. The normalized spacial score (nSPS) is 15.1. The molecule has 0 aliphatic carbocycles. The summed E-state index contributed by atoms with van der Waals surface area (Å²) in [5, 5.41) is 0. The topological polar surface area (TPSA) is 43.0 Å². The summed E-state index contributed by atoms with van der Waals surface area (Å²) in [4.78, 5) is 4.72. The largest absolute Gasteiger partial charge is 0.416 e. The molecule has 0 atom stereocenters. The van der Waals surface area contributed by atoms with E-state index in [1.807, 2.05) is 0 Å². The maximum absolute atomic E-state index is 14.2. The third kappa shape index (κ3) is 26.5. The summed E-state index contributed by atoms with van der Waals surface area (Å²) in [7, 11) is 4.36. The van der Waals surface area contributed by atoms with E-state index in [0.717, 1.165) is 26.2 Å². The molecule has 32 heteroatoms. The zero-order chi connectivity index (χ0) is 93.2. The van der Waals surface area contributed by atoms with E-state index in [4.69, 9.17) is 14.2 Å². The van der Waals surface area contributed by atoms with Crippen LogP contribution in [0.4, 0.5) is 105 Å². The molecule has 0 amide bonds. The van der Waals surface area contributed by atoms with Gasteiger partial charge in [0, 0.05) is 26.2 Å². The van der Waals surface area contributed by atoms with Crippen LogP contribution < -0.4 is 26.4 Å². The Morgan fingerprint density at radius 3 is 0.776 bits per heavy atom. The van der Waals surface area contributed by atoms with Gasteiger partial charge in [-0.2, -0.15) is 127 Å². The first-order valence-electron chi connectivity index (χ1n) is 39.4. The number of halogens is 24. The van der Waals surface area contributed by atoms with Crippen LogP contribution in [0.2, 0.25) is 0 Å². The van der Waals surface area contributed by atoms with E-state index in [1.54, 1.807) is 0 Å². The maximum atomic E-state index is 14.2. The van der Waals surface area contributed by atoms with E-state index in [-0.39, 0.29) is 21.7 Å². The Kier molecular flexibility index (Phi) is 29.6. The third-order valence-electron chi connectivity index (χ3n) is 21.1. The molecule has 0 spiro atoms. The van der Waals surface area contributed by atoms with Crippen molar-refractivity contribution < 1.29 is 124 Å². The number of rotatable bonds is 6. The van der Waals surface area contributed by atoms with Crippen LogP contribution in [-0.2, 0) is 125 Å². The molecule has 0 N–H and O–H groups in total. The van der Waals surface area contributed by atoms with Crippen molar-refractivity contribution in [3.05, 3.63) is 301 Å². The lowest BCUT2D eigenvalue weighted by Gasteiger charge is -2.46. The quantitative estimate of drug-likeness (QED) is 0.0943. The van der Waals surface area contributed by atoms with Crippen molar-refractivity contribution in [2.24, 2.45) is 0 Å². The van der Waals surface area contributed by atoms with Gasteiger partial charge in [0.05, 0.1) is 84.1 Å². The molecule has 6 bridgehead atoms. The fraction of sp³-hybridized carbons (Fsp3) is 0.387. The summed E-state index contributed by atoms with van der Waals surface area (Å²) in [6, 6.07) is 31.7. The molecule has 676 valence electrons. The SMILES string of the molecule is CC(C)(C)c1cc(-n2cc[n+](-c3cc(C(C)(C)C)cc(C(C)(C)C)c3)c2)cc(C(C)(C)C)c1.CN1Cc2ccc(cc2)COCCOCCOCc2ccc(cc2)CN(C)Cc2cccc(c2)C1.FC(F)(F)c1cc([B-](c2cc(C(F)(F)F)cc(C(F)(F)F)c2)(c2cc(C(F)(F)F)cc(C(F)(F)F)c2)c2cc(C(F)(F)F)cc(C(F)(F)F)c2)cc(C(F)(F)F)c1. The number of hydrogen-bond acceptors (Lipinski definition) is 5. The van der Waals surface area contributed by atoms with Crippen LogP contribution in [0.15, 0.2) is 201 Å². The number of alkyl halides is 24. The van der Waals surface area contributed by atoms with Crippen LogP contribution in [-0.4, -0.2) is 61.0 Å². The Morgan fingerprint density at radius 2 is 0.512 bits per heavy atom. The molecule has 9 aromatic carbocycles. The summed E-state index contributed by atoms with van der Waals surface area (Å²) in [5.41, 5.74) is -14.2. The lowest BCUT2D eigenvalue weighted by Crippen LogP contribution is -2.75. The average molecular weight is 1780 g/mol. The van der Waals surface area contributed by atoms with Gasteiger partial charge in [0.2, 0.25) is 0 Å². The van der Waals surface area contributed by atoms with Crippen LogP contribution >= 0.6 is 0 Å². The van der Waals surface area contributed by atoms with Crippen molar-refractivity contribution in [3.63, 3.8) is 0 Å². The minimum absolute atomic E-state index is 0.0990. The molecule has 1 aromatic heterocycles. The van der Waals surface area contributed by atoms with E-state index in [0.29, 0.717) is 39.6 Å². The predicted octanol–water partition coefficient (Wildman–Crippen LogP) is 24.2. The minimum atomic E-state index is -6.13. The standard InChI is InChI=1S/C32H12BF24.C31H45N2.C30H38N2O3/c34-25(35,36)13-1-14(26(37,38)39)6-21(5-13)33(22-7-15(27(40,41)42)2-16(8-22)28(43,44)45,23-9-17(29(46,47)48)3-18(10-23)30(49,50)51)24-11-19(31(52,53)54)4-20(12-24)32(55,56)57;1-28(2,3)22-15-23(29(4,5)6)18-26(17-22)32-13-14-33(21-32)27-19-24(30(7,8)9)16-25(20-27)31(10,11)12;1-31-19-25-6-10-27(11-7-25)23-34-16-14-33-15-17-35-24-28-12-8-26(9-13-28)20-32(2)22-30-5-3-4-29(18-30)21-31/h1-12H;13-21H,1-12H3;3-13,18H,14-17,19-24H2,1-2H3/q-1;+1;. The van der Waals surface area contributed by atoms with Gasteiger partial charge in [-0.05, 0) is 140 Å². The number of aromatic nitrogens is 2. The molecule has 0 radical (unpaired) electrons. The molecule has 4 aliphatic heterocycles. The van der Waals surface area contributed by atoms with Gasteiger partial charge in [-0.3, -0.25) is 9.80 Å². The van der Waals surface area contributed by atoms with E-state index in [2.05, 4.69) is 244 Å². The monoisotopic (exact) mass is 1780 g/mol. The molecule has 4 aliphatic rings. The van der Waals surface area contributed by atoms with Gasteiger partial charge in [-0.1, -0.05) is 217 Å². The van der Waals surface area contributed by atoms with Crippen molar-refractivity contribution >= 4 is 28.0 Å². The van der Waals surface area contributed by atoms with Crippen molar-refractivity contribution in [1.82, 2.24) is 14.4 Å². The molecule has 0 fully saturated rings. The van der Waals surface area contributed by atoms with Crippen LogP contribution in [0.3, 0.4) is 0 Å². The molecule has 0 saturated heterocycles. The van der Waals surface area contributed by atoms with Gasteiger partial charge in [-0.25, -0.2) is 9.13 Å². The Labute approximate surface area is 709 Å². The van der Waals surface area contributed by atoms with Gasteiger partial charge < -0.3 is 14.2 Å². The van der Waals surface area contributed by atoms with E-state index >= 15 is 0 Å². The number of ether oxygens (including phenoxy) is 3. The molecular formula is C93H95BF24N4O3. The van der Waals surface area contributed by atoms with Gasteiger partial charge in [0.25, 0.3) is 6.33 Å². The zero-order valence-corrected chi connectivity index (χ0v) is 70.8. The molecule has 14 rings (SSSR count). The highest BCUT2D eigenvalue weighted by Gasteiger charge is 2.48. The Morgan fingerprint density at radius 1 is 0.272 bits per heavy atom. The van der Waals surface area contributed by atoms with Gasteiger partial charge in [0.1, 0.15) is 29.9 Å². The minimum Gasteiger partial charge on any atom is -0.377 e. The van der Waals surface area contributed by atoms with Crippen LogP contribution in [0.5, 0.6) is 0 Å². The second-order valence-corrected chi connectivity index (χ2v) is 35.5. The summed E-state index contributed by atoms with van der Waals surface area (Å²) < 4.78 is 362. The second-order valence-electron chi connectivity index (χ2n) is 35.5. The summed E-state index contributed by atoms with van der Waals surface area (Å²) in [5.74, 6) is 0. The summed E-state index contributed by atoms with van der Waals surface area (Å²) in [6.45, 7) is 34.7. The summed E-state index contributed by atoms with van der Waals surface area (Å²) in [6.07, 6.45) is -48.2. The molecular weight excluding hydrogens is 1690 g/mol. The predicted molar refractivity (Wildman–Crippen MR) is 432 cm³/mol. The van der Waals surface area contributed by atoms with Crippen LogP contribution in [0.25, 0.3) is 11.4 Å². The molecule has 5 heterocycles. The fourth-order valence-corrected chi connectivity index (χ4v) is 14.4. The number of imidazole rings is 1. The first kappa shape index (κ1) is 99.2. The summed E-state index contributed by atoms with van der Waals surface area (Å²) >= 11 is 0. The highest BCUT2D eigenvalue weighted by Crippen LogP contribution is 2.43. The Balaban J connectivity index is 0.000000224. The first-order chi connectivity index (χ1) is 57.3. The maximum Gasteiger partial charge on any atom is 0.416 e. The third-order valence-corrected chi connectivity index (χ3v) is 21.1. The van der Waals surface area contributed by atoms with Crippen molar-refractivity contribution in [1.29, 1.82) is 0 Å². The zero-order valence-electron chi connectivity index (χ0n) is 70.8. The molecule has 10 aromatic rings. The smallest absolute Gasteiger partial charge is 0.377 e. The molecule has 0 saturated carbocycles. The lowest BCUT2D eigenvalue weighted by molar-refractivity contribution is -0.594. The van der Waals surface area contributed by atoms with Crippen molar-refractivity contribution in [3.8, 4) is 11.4 Å². The van der Waals surface area contributed by atoms with Gasteiger partial charge >= 0.3 is 49.4 Å². The molecule has 125 heavy (non-hydrogen) atoms. The lowest BCUT2D eigenvalue weighted by atomic mass is 9.12. The number of benzene rings is 9. The van der Waals surface area contributed by atoms with Crippen molar-refractivity contribution in [2.75, 3.05) is 40.5 Å². The van der Waals surface area contributed by atoms with Gasteiger partial charge in [-0.15, -0.1) is 0 Å². The van der Waals surface area contributed by atoms with E-state index < -0.39 is 195 Å². The Hall–Kier alpha value is -9.63. The van der Waals surface area contributed by atoms with E-state index in [1.165, 1.54) is 67.0 Å². The highest BCUT2D eigenvalue weighted by atomic mass is 19.4. The first-order valence-corrected chi connectivity index (χ1v) is 39.4. The molecule has 0 unspecified atom stereocenters. The van der Waals surface area contributed by atoms with Gasteiger partial charge in [0.15, 0.2) is 0 Å². The highest BCUT2D eigenvalue weighted by molar-refractivity contribution is 7.20. The van der Waals surface area contributed by atoms with E-state index in [9.17, 15) is 105 Å². The Bertz CT molecular complexity index is 4670. The number of nitrogens with zero attached hydrogens (tertiary/aromatic N) is 4. The van der Waals surface area contributed by atoms with Crippen LogP contribution in [0, 0.1) is 0 Å². The second kappa shape index (κ2) is 37.4. The average Bonchev–Trinajstić information content (AvgIpc) is 0.972.